The van der Waals surface area contributed by atoms with Gasteiger partial charge < -0.3 is 5.11 Å². The molecular formula is C17H19BrO. The van der Waals surface area contributed by atoms with Crippen LogP contribution in [0, 0.1) is 20.8 Å². The standard InChI is InChI=1S/C17H19BrO/c1-11-7-8-12(2)14(9-11)10-17(19)15-5-4-6-16(18)13(15)3/h4-9,17,19H,10H2,1-3H3. The van der Waals surface area contributed by atoms with Gasteiger partial charge in [-0.25, -0.2) is 0 Å². The van der Waals surface area contributed by atoms with Crippen LogP contribution in [0.25, 0.3) is 0 Å². The Morgan fingerprint density at radius 3 is 2.58 bits per heavy atom. The smallest absolute Gasteiger partial charge is 0.0833 e. The maximum absolute atomic E-state index is 10.5. The minimum atomic E-state index is -0.460. The van der Waals surface area contributed by atoms with E-state index >= 15 is 0 Å². The predicted octanol–water partition coefficient (Wildman–Crippen LogP) is 4.65. The lowest BCUT2D eigenvalue weighted by Gasteiger charge is -2.16. The van der Waals surface area contributed by atoms with E-state index in [4.69, 9.17) is 0 Å². The van der Waals surface area contributed by atoms with Gasteiger partial charge in [-0.2, -0.15) is 0 Å². The lowest BCUT2D eigenvalue weighted by molar-refractivity contribution is 0.177. The maximum atomic E-state index is 10.5. The van der Waals surface area contributed by atoms with Crippen LogP contribution in [0.2, 0.25) is 0 Å². The zero-order chi connectivity index (χ0) is 14.0. The van der Waals surface area contributed by atoms with Crippen molar-refractivity contribution in [3.63, 3.8) is 0 Å². The summed E-state index contributed by atoms with van der Waals surface area (Å²) in [5.74, 6) is 0. The molecule has 1 unspecified atom stereocenters. The molecule has 0 fully saturated rings. The van der Waals surface area contributed by atoms with E-state index in [9.17, 15) is 5.11 Å². The molecule has 100 valence electrons. The summed E-state index contributed by atoms with van der Waals surface area (Å²) in [4.78, 5) is 0. The average Bonchev–Trinajstić information content (AvgIpc) is 2.37. The minimum Gasteiger partial charge on any atom is -0.388 e. The summed E-state index contributed by atoms with van der Waals surface area (Å²) in [6, 6.07) is 12.4. The van der Waals surface area contributed by atoms with Crippen molar-refractivity contribution in [2.24, 2.45) is 0 Å². The van der Waals surface area contributed by atoms with Gasteiger partial charge in [0.2, 0.25) is 0 Å². The summed E-state index contributed by atoms with van der Waals surface area (Å²) < 4.78 is 1.05. The molecule has 0 aromatic heterocycles. The molecule has 0 bridgehead atoms. The zero-order valence-electron chi connectivity index (χ0n) is 11.6. The normalized spacial score (nSPS) is 12.5. The number of hydrogen-bond acceptors (Lipinski definition) is 1. The van der Waals surface area contributed by atoms with E-state index in [0.717, 1.165) is 15.6 Å². The molecule has 1 nitrogen and oxygen atoms in total. The van der Waals surface area contributed by atoms with Crippen LogP contribution in [0.4, 0.5) is 0 Å². The molecule has 1 atom stereocenters. The van der Waals surface area contributed by atoms with Gasteiger partial charge in [-0.05, 0) is 49.1 Å². The SMILES string of the molecule is Cc1ccc(C)c(CC(O)c2cccc(Br)c2C)c1. The second kappa shape index (κ2) is 5.89. The van der Waals surface area contributed by atoms with E-state index in [2.05, 4.69) is 48.0 Å². The van der Waals surface area contributed by atoms with Crippen LogP contribution in [0.3, 0.4) is 0 Å². The van der Waals surface area contributed by atoms with Crippen molar-refractivity contribution in [3.8, 4) is 0 Å². The second-order valence-corrected chi connectivity index (χ2v) is 5.96. The van der Waals surface area contributed by atoms with Crippen LogP contribution in [0.1, 0.15) is 33.9 Å². The minimum absolute atomic E-state index is 0.460. The Labute approximate surface area is 123 Å². The van der Waals surface area contributed by atoms with Gasteiger partial charge >= 0.3 is 0 Å². The molecular weight excluding hydrogens is 300 g/mol. The van der Waals surface area contributed by atoms with Crippen LogP contribution in [-0.4, -0.2) is 5.11 Å². The lowest BCUT2D eigenvalue weighted by atomic mass is 9.94. The molecule has 19 heavy (non-hydrogen) atoms. The van der Waals surface area contributed by atoms with Gasteiger partial charge in [-0.1, -0.05) is 51.8 Å². The highest BCUT2D eigenvalue weighted by Crippen LogP contribution is 2.27. The number of hydrogen-bond donors (Lipinski definition) is 1. The van der Waals surface area contributed by atoms with Crippen molar-refractivity contribution in [1.29, 1.82) is 0 Å². The molecule has 0 aliphatic heterocycles. The molecule has 0 spiro atoms. The molecule has 2 aromatic rings. The Morgan fingerprint density at radius 2 is 1.84 bits per heavy atom. The van der Waals surface area contributed by atoms with Gasteiger partial charge in [-0.15, -0.1) is 0 Å². The summed E-state index contributed by atoms with van der Waals surface area (Å²) in [5, 5.41) is 10.5. The van der Waals surface area contributed by atoms with E-state index in [1.165, 1.54) is 16.7 Å². The molecule has 0 radical (unpaired) electrons. The van der Waals surface area contributed by atoms with E-state index in [1.807, 2.05) is 25.1 Å². The first-order valence-electron chi connectivity index (χ1n) is 6.48. The quantitative estimate of drug-likeness (QED) is 0.873. The average molecular weight is 319 g/mol. The van der Waals surface area contributed by atoms with Crippen LogP contribution >= 0.6 is 15.9 Å². The van der Waals surface area contributed by atoms with Crippen LogP contribution in [0.5, 0.6) is 0 Å². The summed E-state index contributed by atoms with van der Waals surface area (Å²) in [5.41, 5.74) is 5.79. The number of aliphatic hydroxyl groups excluding tert-OH is 1. The van der Waals surface area contributed by atoms with Crippen molar-refractivity contribution < 1.29 is 5.11 Å². The largest absolute Gasteiger partial charge is 0.388 e. The van der Waals surface area contributed by atoms with E-state index in [1.54, 1.807) is 0 Å². The van der Waals surface area contributed by atoms with Crippen molar-refractivity contribution in [2.75, 3.05) is 0 Å². The molecule has 0 saturated carbocycles. The lowest BCUT2D eigenvalue weighted by Crippen LogP contribution is -2.05. The van der Waals surface area contributed by atoms with E-state index < -0.39 is 6.10 Å². The summed E-state index contributed by atoms with van der Waals surface area (Å²) in [6.45, 7) is 6.21. The number of benzene rings is 2. The molecule has 0 aliphatic rings. The van der Waals surface area contributed by atoms with E-state index in [-0.39, 0.29) is 0 Å². The summed E-state index contributed by atoms with van der Waals surface area (Å²) in [7, 11) is 0. The zero-order valence-corrected chi connectivity index (χ0v) is 13.2. The van der Waals surface area contributed by atoms with Crippen molar-refractivity contribution in [1.82, 2.24) is 0 Å². The Kier molecular flexibility index (Phi) is 4.43. The molecule has 2 rings (SSSR count). The third-order valence-electron chi connectivity index (χ3n) is 3.59. The maximum Gasteiger partial charge on any atom is 0.0833 e. The molecule has 2 aromatic carbocycles. The number of aryl methyl sites for hydroxylation is 2. The van der Waals surface area contributed by atoms with Gasteiger partial charge in [-0.3, -0.25) is 0 Å². The highest BCUT2D eigenvalue weighted by atomic mass is 79.9. The fourth-order valence-electron chi connectivity index (χ4n) is 2.32. The fourth-order valence-corrected chi connectivity index (χ4v) is 2.71. The predicted molar refractivity (Wildman–Crippen MR) is 83.5 cm³/mol. The fraction of sp³-hybridized carbons (Fsp3) is 0.294. The highest BCUT2D eigenvalue weighted by molar-refractivity contribution is 9.10. The highest BCUT2D eigenvalue weighted by Gasteiger charge is 2.13. The van der Waals surface area contributed by atoms with Gasteiger partial charge in [0.25, 0.3) is 0 Å². The number of rotatable bonds is 3. The third kappa shape index (κ3) is 3.26. The molecule has 2 heteroatoms. The molecule has 0 saturated heterocycles. The van der Waals surface area contributed by atoms with Gasteiger partial charge in [0.05, 0.1) is 6.10 Å². The number of halogens is 1. The Bertz CT molecular complexity index is 590. The Morgan fingerprint density at radius 1 is 1.11 bits per heavy atom. The number of aliphatic hydroxyl groups is 1. The molecule has 0 amide bonds. The summed E-state index contributed by atoms with van der Waals surface area (Å²) >= 11 is 3.51. The Hall–Kier alpha value is -1.12. The first kappa shape index (κ1) is 14.3. The van der Waals surface area contributed by atoms with Crippen LogP contribution in [0.15, 0.2) is 40.9 Å². The van der Waals surface area contributed by atoms with Gasteiger partial charge in [0.15, 0.2) is 0 Å². The monoisotopic (exact) mass is 318 g/mol. The molecule has 1 N–H and O–H groups in total. The second-order valence-electron chi connectivity index (χ2n) is 5.10. The van der Waals surface area contributed by atoms with E-state index in [0.29, 0.717) is 6.42 Å². The summed E-state index contributed by atoms with van der Waals surface area (Å²) in [6.07, 6.45) is 0.197. The molecule has 0 heterocycles. The van der Waals surface area contributed by atoms with Crippen molar-refractivity contribution in [3.05, 3.63) is 68.7 Å². The van der Waals surface area contributed by atoms with Crippen molar-refractivity contribution >= 4 is 15.9 Å². The first-order chi connectivity index (χ1) is 8.99. The van der Waals surface area contributed by atoms with Gasteiger partial charge in [0, 0.05) is 10.9 Å². The first-order valence-corrected chi connectivity index (χ1v) is 7.27. The third-order valence-corrected chi connectivity index (χ3v) is 4.45. The Balaban J connectivity index is 2.28. The van der Waals surface area contributed by atoms with Gasteiger partial charge in [0.1, 0.15) is 0 Å². The molecule has 0 aliphatic carbocycles. The van der Waals surface area contributed by atoms with Crippen molar-refractivity contribution in [2.45, 2.75) is 33.3 Å². The van der Waals surface area contributed by atoms with Crippen LogP contribution in [-0.2, 0) is 6.42 Å². The topological polar surface area (TPSA) is 20.2 Å². The van der Waals surface area contributed by atoms with Crippen LogP contribution < -0.4 is 0 Å².